The highest BCUT2D eigenvalue weighted by Crippen LogP contribution is 2.20. The molecule has 4 rings (SSSR count). The Morgan fingerprint density at radius 1 is 0.800 bits per heavy atom. The maximum Gasteiger partial charge on any atom is 0.332 e. The van der Waals surface area contributed by atoms with E-state index in [-0.39, 0.29) is 11.2 Å². The number of piperazine rings is 1. The summed E-state index contributed by atoms with van der Waals surface area (Å²) in [6, 6.07) is 5.49. The summed E-state index contributed by atoms with van der Waals surface area (Å²) in [6.07, 6.45) is 0. The molecule has 0 bridgehead atoms. The zero-order valence-corrected chi connectivity index (χ0v) is 18.0. The molecule has 1 saturated heterocycles. The van der Waals surface area contributed by atoms with E-state index in [4.69, 9.17) is 0 Å². The molecular formula is C20H26N8O2. The first-order chi connectivity index (χ1) is 14.2. The van der Waals surface area contributed by atoms with Gasteiger partial charge in [0.2, 0.25) is 0 Å². The van der Waals surface area contributed by atoms with E-state index >= 15 is 0 Å². The predicted octanol–water partition coefficient (Wildman–Crippen LogP) is 0.312. The summed E-state index contributed by atoms with van der Waals surface area (Å²) in [5, 5.41) is 4.53. The quantitative estimate of drug-likeness (QED) is 0.613. The molecule has 10 nitrogen and oxygen atoms in total. The molecule has 3 aromatic rings. The third-order valence-electron chi connectivity index (χ3n) is 5.47. The van der Waals surface area contributed by atoms with Crippen molar-refractivity contribution in [2.24, 2.45) is 14.1 Å². The second-order valence-electron chi connectivity index (χ2n) is 7.69. The molecule has 10 heteroatoms. The van der Waals surface area contributed by atoms with Crippen LogP contribution in [0.4, 0.5) is 11.6 Å². The largest absolute Gasteiger partial charge is 0.354 e. The number of rotatable bonds is 3. The second kappa shape index (κ2) is 7.43. The summed E-state index contributed by atoms with van der Waals surface area (Å²) in [4.78, 5) is 37.7. The molecule has 0 saturated carbocycles. The number of anilines is 2. The molecule has 1 aliphatic rings. The summed E-state index contributed by atoms with van der Waals surface area (Å²) in [6.45, 7) is 8.64. The molecular weight excluding hydrogens is 384 g/mol. The van der Waals surface area contributed by atoms with Crippen molar-refractivity contribution in [1.29, 1.82) is 0 Å². The SMILES string of the molecule is Cc1cc(C)n(-c2cc(N3CCN(c4cc(=O)n(C)c(=O)n4C)CC3)nc(C)n2)n1. The highest BCUT2D eigenvalue weighted by molar-refractivity contribution is 5.48. The number of aromatic nitrogens is 6. The topological polar surface area (TPSA) is 94.1 Å². The van der Waals surface area contributed by atoms with Crippen LogP contribution in [0.15, 0.2) is 27.8 Å². The molecule has 3 aromatic heterocycles. The predicted molar refractivity (Wildman–Crippen MR) is 115 cm³/mol. The van der Waals surface area contributed by atoms with Gasteiger partial charge in [-0.05, 0) is 26.8 Å². The molecule has 1 aliphatic heterocycles. The van der Waals surface area contributed by atoms with Crippen LogP contribution in [0.2, 0.25) is 0 Å². The average molecular weight is 410 g/mol. The number of nitrogens with zero attached hydrogens (tertiary/aromatic N) is 8. The van der Waals surface area contributed by atoms with Crippen LogP contribution in [-0.4, -0.2) is 55.1 Å². The summed E-state index contributed by atoms with van der Waals surface area (Å²) in [5.41, 5.74) is 1.35. The summed E-state index contributed by atoms with van der Waals surface area (Å²) < 4.78 is 4.47. The van der Waals surface area contributed by atoms with Crippen LogP contribution >= 0.6 is 0 Å². The van der Waals surface area contributed by atoms with Crippen LogP contribution in [0.3, 0.4) is 0 Å². The van der Waals surface area contributed by atoms with E-state index in [1.807, 2.05) is 37.6 Å². The first-order valence-electron chi connectivity index (χ1n) is 9.91. The minimum atomic E-state index is -0.319. The second-order valence-corrected chi connectivity index (χ2v) is 7.69. The van der Waals surface area contributed by atoms with E-state index in [0.29, 0.717) is 24.7 Å². The van der Waals surface area contributed by atoms with E-state index in [9.17, 15) is 9.59 Å². The van der Waals surface area contributed by atoms with Gasteiger partial charge in [-0.2, -0.15) is 5.10 Å². The molecule has 0 N–H and O–H groups in total. The number of aryl methyl sites for hydroxylation is 3. The van der Waals surface area contributed by atoms with Crippen LogP contribution in [0.1, 0.15) is 17.2 Å². The summed E-state index contributed by atoms with van der Waals surface area (Å²) >= 11 is 0. The fourth-order valence-electron chi connectivity index (χ4n) is 3.86. The van der Waals surface area contributed by atoms with Gasteiger partial charge in [0, 0.05) is 58.1 Å². The van der Waals surface area contributed by atoms with Crippen molar-refractivity contribution in [3.63, 3.8) is 0 Å². The van der Waals surface area contributed by atoms with Gasteiger partial charge in [0.1, 0.15) is 17.5 Å². The third kappa shape index (κ3) is 3.49. The van der Waals surface area contributed by atoms with Gasteiger partial charge in [-0.15, -0.1) is 0 Å². The van der Waals surface area contributed by atoms with E-state index in [0.717, 1.165) is 40.7 Å². The van der Waals surface area contributed by atoms with Gasteiger partial charge in [-0.25, -0.2) is 19.4 Å². The van der Waals surface area contributed by atoms with Crippen LogP contribution in [0.5, 0.6) is 0 Å². The highest BCUT2D eigenvalue weighted by Gasteiger charge is 2.22. The Bertz CT molecular complexity index is 1210. The lowest BCUT2D eigenvalue weighted by atomic mass is 10.3. The van der Waals surface area contributed by atoms with Crippen molar-refractivity contribution in [3.8, 4) is 5.82 Å². The molecule has 0 aromatic carbocycles. The van der Waals surface area contributed by atoms with Crippen LogP contribution < -0.4 is 21.0 Å². The maximum atomic E-state index is 12.2. The normalized spacial score (nSPS) is 14.4. The third-order valence-corrected chi connectivity index (χ3v) is 5.47. The van der Waals surface area contributed by atoms with Crippen molar-refractivity contribution >= 4 is 11.6 Å². The zero-order valence-electron chi connectivity index (χ0n) is 18.0. The zero-order chi connectivity index (χ0) is 21.6. The Labute approximate surface area is 174 Å². The highest BCUT2D eigenvalue weighted by atomic mass is 16.2. The van der Waals surface area contributed by atoms with Crippen molar-refractivity contribution in [1.82, 2.24) is 28.9 Å². The Morgan fingerprint density at radius 2 is 1.43 bits per heavy atom. The fourth-order valence-corrected chi connectivity index (χ4v) is 3.86. The van der Waals surface area contributed by atoms with Crippen LogP contribution in [0, 0.1) is 20.8 Å². The van der Waals surface area contributed by atoms with Gasteiger partial charge < -0.3 is 9.80 Å². The van der Waals surface area contributed by atoms with Gasteiger partial charge in [0.05, 0.1) is 5.69 Å². The van der Waals surface area contributed by atoms with Gasteiger partial charge in [-0.1, -0.05) is 0 Å². The first kappa shape index (κ1) is 19.9. The van der Waals surface area contributed by atoms with E-state index in [2.05, 4.69) is 24.9 Å². The number of hydrogen-bond donors (Lipinski definition) is 0. The van der Waals surface area contributed by atoms with E-state index < -0.39 is 0 Å². The Hall–Kier alpha value is -3.43. The fraction of sp³-hybridized carbons (Fsp3) is 0.450. The summed E-state index contributed by atoms with van der Waals surface area (Å²) in [7, 11) is 3.18. The maximum absolute atomic E-state index is 12.2. The molecule has 0 unspecified atom stereocenters. The number of hydrogen-bond acceptors (Lipinski definition) is 7. The molecule has 0 radical (unpaired) electrons. The molecule has 1 fully saturated rings. The lowest BCUT2D eigenvalue weighted by Gasteiger charge is -2.37. The van der Waals surface area contributed by atoms with Gasteiger partial charge in [0.15, 0.2) is 5.82 Å². The van der Waals surface area contributed by atoms with Crippen molar-refractivity contribution in [3.05, 3.63) is 56.2 Å². The van der Waals surface area contributed by atoms with Crippen LogP contribution in [0.25, 0.3) is 5.82 Å². The van der Waals surface area contributed by atoms with Gasteiger partial charge >= 0.3 is 5.69 Å². The first-order valence-corrected chi connectivity index (χ1v) is 9.91. The van der Waals surface area contributed by atoms with Crippen molar-refractivity contribution in [2.45, 2.75) is 20.8 Å². The molecule has 158 valence electrons. The minimum Gasteiger partial charge on any atom is -0.354 e. The van der Waals surface area contributed by atoms with Gasteiger partial charge in [0.25, 0.3) is 5.56 Å². The Kier molecular flexibility index (Phi) is 4.92. The minimum absolute atomic E-state index is 0.295. The molecule has 0 atom stereocenters. The van der Waals surface area contributed by atoms with E-state index in [1.54, 1.807) is 7.05 Å². The summed E-state index contributed by atoms with van der Waals surface area (Å²) in [5.74, 6) is 2.93. The van der Waals surface area contributed by atoms with Gasteiger partial charge in [-0.3, -0.25) is 13.9 Å². The standard InChI is InChI=1S/C20H26N8O2/c1-13-10-14(2)28(23-13)17-11-16(21-15(3)22-17)26-6-8-27(9-7-26)18-12-19(29)25(5)20(30)24(18)4/h10-12H,6-9H2,1-5H3. The molecule has 4 heterocycles. The monoisotopic (exact) mass is 410 g/mol. The van der Waals surface area contributed by atoms with Crippen molar-refractivity contribution < 1.29 is 0 Å². The Balaban J connectivity index is 1.57. The Morgan fingerprint density at radius 3 is 2.07 bits per heavy atom. The van der Waals surface area contributed by atoms with E-state index in [1.165, 1.54) is 17.7 Å². The molecule has 0 amide bonds. The molecule has 0 aliphatic carbocycles. The smallest absolute Gasteiger partial charge is 0.332 e. The molecule has 30 heavy (non-hydrogen) atoms. The van der Waals surface area contributed by atoms with Crippen molar-refractivity contribution in [2.75, 3.05) is 36.0 Å². The van der Waals surface area contributed by atoms with Crippen LogP contribution in [-0.2, 0) is 14.1 Å². The molecule has 0 spiro atoms. The lowest BCUT2D eigenvalue weighted by Crippen LogP contribution is -2.49. The average Bonchev–Trinajstić information content (AvgIpc) is 3.07. The lowest BCUT2D eigenvalue weighted by molar-refractivity contribution is 0.606.